The Morgan fingerprint density at radius 1 is 1.48 bits per heavy atom. The molecule has 2 rings (SSSR count). The molecule has 21 heavy (non-hydrogen) atoms. The normalized spacial score (nSPS) is 21.4. The number of halogens is 2. The molecular weight excluding hydrogens is 299 g/mol. The average molecular weight is 315 g/mol. The van der Waals surface area contributed by atoms with Crippen LogP contribution in [-0.2, 0) is 4.79 Å². The Bertz CT molecular complexity index is 561. The predicted molar refractivity (Wildman–Crippen MR) is 77.0 cm³/mol. The van der Waals surface area contributed by atoms with E-state index >= 15 is 0 Å². The number of benzene rings is 1. The molecule has 1 atom stereocenters. The SMILES string of the molecule is CCC1(C(=O)O)CCCN1C(=O)Nc1cc(F)cc(Cl)c1. The third kappa shape index (κ3) is 2.95. The van der Waals surface area contributed by atoms with E-state index in [1.54, 1.807) is 6.92 Å². The third-order valence-electron chi connectivity index (χ3n) is 3.83. The van der Waals surface area contributed by atoms with Gasteiger partial charge in [-0.2, -0.15) is 0 Å². The highest BCUT2D eigenvalue weighted by Crippen LogP contribution is 2.33. The van der Waals surface area contributed by atoms with E-state index in [0.29, 0.717) is 25.8 Å². The molecule has 1 aliphatic rings. The van der Waals surface area contributed by atoms with E-state index in [9.17, 15) is 19.1 Å². The van der Waals surface area contributed by atoms with Crippen LogP contribution in [0.3, 0.4) is 0 Å². The lowest BCUT2D eigenvalue weighted by molar-refractivity contribution is -0.148. The van der Waals surface area contributed by atoms with Gasteiger partial charge in [-0.1, -0.05) is 18.5 Å². The number of aliphatic carboxylic acids is 1. The number of anilines is 1. The van der Waals surface area contributed by atoms with Crippen molar-refractivity contribution < 1.29 is 19.1 Å². The van der Waals surface area contributed by atoms with Crippen LogP contribution in [0.2, 0.25) is 5.02 Å². The van der Waals surface area contributed by atoms with E-state index in [1.807, 2.05) is 0 Å². The molecule has 1 aliphatic heterocycles. The van der Waals surface area contributed by atoms with Gasteiger partial charge in [0.25, 0.3) is 0 Å². The first-order valence-corrected chi connectivity index (χ1v) is 7.05. The molecule has 5 nitrogen and oxygen atoms in total. The maximum absolute atomic E-state index is 13.3. The Hall–Kier alpha value is -1.82. The van der Waals surface area contributed by atoms with Crippen molar-refractivity contribution >= 4 is 29.3 Å². The predicted octanol–water partition coefficient (Wildman–Crippen LogP) is 3.34. The van der Waals surface area contributed by atoms with Crippen molar-refractivity contribution in [1.29, 1.82) is 0 Å². The molecule has 0 saturated carbocycles. The Balaban J connectivity index is 2.21. The van der Waals surface area contributed by atoms with Crippen molar-refractivity contribution in [1.82, 2.24) is 4.90 Å². The number of carboxylic acids is 1. The summed E-state index contributed by atoms with van der Waals surface area (Å²) in [5.74, 6) is -1.59. The van der Waals surface area contributed by atoms with Crippen LogP contribution in [0.4, 0.5) is 14.9 Å². The summed E-state index contributed by atoms with van der Waals surface area (Å²) in [7, 11) is 0. The summed E-state index contributed by atoms with van der Waals surface area (Å²) in [4.78, 5) is 25.1. The molecule has 0 aliphatic carbocycles. The molecule has 2 amide bonds. The number of nitrogens with zero attached hydrogens (tertiary/aromatic N) is 1. The molecule has 0 radical (unpaired) electrons. The largest absolute Gasteiger partial charge is 0.479 e. The second-order valence-corrected chi connectivity index (χ2v) is 5.47. The van der Waals surface area contributed by atoms with Crippen molar-refractivity contribution in [3.8, 4) is 0 Å². The number of likely N-dealkylation sites (tertiary alicyclic amines) is 1. The zero-order chi connectivity index (χ0) is 15.6. The number of hydrogen-bond acceptors (Lipinski definition) is 2. The van der Waals surface area contributed by atoms with Gasteiger partial charge < -0.3 is 15.3 Å². The highest BCUT2D eigenvalue weighted by Gasteiger charge is 2.48. The minimum atomic E-state index is -1.19. The van der Waals surface area contributed by atoms with Crippen LogP contribution in [0.15, 0.2) is 18.2 Å². The lowest BCUT2D eigenvalue weighted by Crippen LogP contribution is -2.54. The first kappa shape index (κ1) is 15.6. The van der Waals surface area contributed by atoms with Gasteiger partial charge in [-0.3, -0.25) is 0 Å². The van der Waals surface area contributed by atoms with Crippen molar-refractivity contribution in [2.24, 2.45) is 0 Å². The molecule has 1 aromatic carbocycles. The lowest BCUT2D eigenvalue weighted by Gasteiger charge is -2.33. The molecular formula is C14H16ClFN2O3. The van der Waals surface area contributed by atoms with Gasteiger partial charge in [0.05, 0.1) is 0 Å². The number of hydrogen-bond donors (Lipinski definition) is 2. The molecule has 0 spiro atoms. The highest BCUT2D eigenvalue weighted by atomic mass is 35.5. The molecule has 114 valence electrons. The summed E-state index contributed by atoms with van der Waals surface area (Å²) in [6.07, 6.45) is 1.35. The summed E-state index contributed by atoms with van der Waals surface area (Å²) in [5, 5.41) is 12.1. The highest BCUT2D eigenvalue weighted by molar-refractivity contribution is 6.30. The van der Waals surface area contributed by atoms with Gasteiger partial charge in [-0.25, -0.2) is 14.0 Å². The first-order chi connectivity index (χ1) is 9.89. The third-order valence-corrected chi connectivity index (χ3v) is 4.05. The number of amides is 2. The van der Waals surface area contributed by atoms with Crippen LogP contribution in [-0.4, -0.2) is 34.1 Å². The smallest absolute Gasteiger partial charge is 0.329 e. The minimum absolute atomic E-state index is 0.159. The summed E-state index contributed by atoms with van der Waals surface area (Å²) in [5.41, 5.74) is -0.992. The van der Waals surface area contributed by atoms with Gasteiger partial charge in [-0.15, -0.1) is 0 Å². The van der Waals surface area contributed by atoms with Crippen LogP contribution in [0.5, 0.6) is 0 Å². The van der Waals surface area contributed by atoms with Crippen molar-refractivity contribution in [3.63, 3.8) is 0 Å². The number of carbonyl (C=O) groups excluding carboxylic acids is 1. The summed E-state index contributed by atoms with van der Waals surface area (Å²) >= 11 is 5.73. The second kappa shape index (κ2) is 5.89. The van der Waals surface area contributed by atoms with Crippen LogP contribution < -0.4 is 5.32 Å². The Morgan fingerprint density at radius 2 is 2.19 bits per heavy atom. The first-order valence-electron chi connectivity index (χ1n) is 6.67. The van der Waals surface area contributed by atoms with E-state index in [1.165, 1.54) is 11.0 Å². The Morgan fingerprint density at radius 3 is 2.76 bits per heavy atom. The zero-order valence-electron chi connectivity index (χ0n) is 11.5. The number of nitrogens with one attached hydrogen (secondary N) is 1. The average Bonchev–Trinajstić information content (AvgIpc) is 2.82. The molecule has 1 heterocycles. The number of carboxylic acid groups (broad SMARTS) is 1. The van der Waals surface area contributed by atoms with E-state index < -0.39 is 23.4 Å². The molecule has 1 saturated heterocycles. The fourth-order valence-corrected chi connectivity index (χ4v) is 2.95. The van der Waals surface area contributed by atoms with E-state index in [-0.39, 0.29) is 10.7 Å². The van der Waals surface area contributed by atoms with Gasteiger partial charge in [-0.05, 0) is 37.5 Å². The minimum Gasteiger partial charge on any atom is -0.479 e. The number of carbonyl (C=O) groups is 2. The van der Waals surface area contributed by atoms with Gasteiger partial charge in [0.1, 0.15) is 11.4 Å². The van der Waals surface area contributed by atoms with Crippen LogP contribution >= 0.6 is 11.6 Å². The Labute approximate surface area is 126 Å². The summed E-state index contributed by atoms with van der Waals surface area (Å²) < 4.78 is 13.3. The maximum Gasteiger partial charge on any atom is 0.329 e. The number of urea groups is 1. The molecule has 1 unspecified atom stereocenters. The van der Waals surface area contributed by atoms with Crippen molar-refractivity contribution in [2.75, 3.05) is 11.9 Å². The molecule has 0 bridgehead atoms. The van der Waals surface area contributed by atoms with Crippen molar-refractivity contribution in [3.05, 3.63) is 29.0 Å². The number of rotatable bonds is 3. The monoisotopic (exact) mass is 314 g/mol. The van der Waals surface area contributed by atoms with Crippen LogP contribution in [0.25, 0.3) is 0 Å². The quantitative estimate of drug-likeness (QED) is 0.899. The molecule has 1 fully saturated rings. The van der Waals surface area contributed by atoms with Crippen LogP contribution in [0.1, 0.15) is 26.2 Å². The van der Waals surface area contributed by atoms with E-state index in [0.717, 1.165) is 12.1 Å². The topological polar surface area (TPSA) is 69.6 Å². The van der Waals surface area contributed by atoms with E-state index in [4.69, 9.17) is 11.6 Å². The summed E-state index contributed by atoms with van der Waals surface area (Å²) in [6.45, 7) is 2.09. The molecule has 7 heteroatoms. The zero-order valence-corrected chi connectivity index (χ0v) is 12.3. The second-order valence-electron chi connectivity index (χ2n) is 5.03. The Kier molecular flexibility index (Phi) is 4.37. The van der Waals surface area contributed by atoms with Gasteiger partial charge in [0.15, 0.2) is 0 Å². The van der Waals surface area contributed by atoms with Gasteiger partial charge in [0, 0.05) is 17.3 Å². The molecule has 1 aromatic rings. The fraction of sp³-hybridized carbons (Fsp3) is 0.429. The molecule has 2 N–H and O–H groups in total. The van der Waals surface area contributed by atoms with Gasteiger partial charge in [0.2, 0.25) is 0 Å². The van der Waals surface area contributed by atoms with E-state index in [2.05, 4.69) is 5.32 Å². The lowest BCUT2D eigenvalue weighted by atomic mass is 9.93. The summed E-state index contributed by atoms with van der Waals surface area (Å²) in [6, 6.07) is 3.11. The maximum atomic E-state index is 13.3. The van der Waals surface area contributed by atoms with Crippen LogP contribution in [0, 0.1) is 5.82 Å². The standard InChI is InChI=1S/C14H16ClFN2O3/c1-2-14(12(19)20)4-3-5-18(14)13(21)17-11-7-9(15)6-10(16)8-11/h6-8H,2-5H2,1H3,(H,17,21)(H,19,20). The van der Waals surface area contributed by atoms with Gasteiger partial charge >= 0.3 is 12.0 Å². The molecule has 0 aromatic heterocycles. The fourth-order valence-electron chi connectivity index (χ4n) is 2.73. The van der Waals surface area contributed by atoms with Crippen molar-refractivity contribution in [2.45, 2.75) is 31.7 Å².